The topological polar surface area (TPSA) is 53.1 Å². The summed E-state index contributed by atoms with van der Waals surface area (Å²) in [6.45, 7) is 3.06. The number of rotatable bonds is 8. The second kappa shape index (κ2) is 9.70. The zero-order chi connectivity index (χ0) is 19.1. The fraction of sp³-hybridized carbons (Fsp3) is 0.545. The van der Waals surface area contributed by atoms with Gasteiger partial charge in [0.2, 0.25) is 0 Å². The third kappa shape index (κ3) is 6.21. The average molecular weight is 368 g/mol. The Kier molecular flexibility index (Phi) is 7.04. The molecule has 0 bridgehead atoms. The quantitative estimate of drug-likeness (QED) is 0.695. The number of aromatic nitrogens is 2. The van der Waals surface area contributed by atoms with Crippen molar-refractivity contribution in [3.63, 3.8) is 0 Å². The fourth-order valence-electron chi connectivity index (χ4n) is 3.75. The van der Waals surface area contributed by atoms with E-state index < -0.39 is 0 Å². The zero-order valence-electron chi connectivity index (χ0n) is 16.9. The fourth-order valence-corrected chi connectivity index (χ4v) is 3.75. The Morgan fingerprint density at radius 2 is 1.70 bits per heavy atom. The van der Waals surface area contributed by atoms with E-state index in [-0.39, 0.29) is 0 Å². The van der Waals surface area contributed by atoms with Gasteiger partial charge in [-0.05, 0) is 57.6 Å². The summed E-state index contributed by atoms with van der Waals surface area (Å²) in [6.07, 6.45) is 7.20. The van der Waals surface area contributed by atoms with Gasteiger partial charge in [-0.2, -0.15) is 0 Å². The Morgan fingerprint density at radius 1 is 1.00 bits per heavy atom. The predicted molar refractivity (Wildman–Crippen MR) is 114 cm³/mol. The van der Waals surface area contributed by atoms with Gasteiger partial charge in [-0.1, -0.05) is 30.3 Å². The Balaban J connectivity index is 1.38. The summed E-state index contributed by atoms with van der Waals surface area (Å²) in [4.78, 5) is 11.0. The summed E-state index contributed by atoms with van der Waals surface area (Å²) in [5, 5.41) is 7.37. The Labute approximate surface area is 163 Å². The molecule has 1 aliphatic rings. The van der Waals surface area contributed by atoms with Crippen LogP contribution in [0.2, 0.25) is 0 Å². The number of nitrogens with zero attached hydrogens (tertiary/aromatic N) is 3. The van der Waals surface area contributed by atoms with Crippen molar-refractivity contribution in [1.82, 2.24) is 15.3 Å². The number of anilines is 2. The van der Waals surface area contributed by atoms with Crippen LogP contribution in [0.15, 0.2) is 36.4 Å². The first kappa shape index (κ1) is 19.6. The molecule has 0 radical (unpaired) electrons. The molecule has 1 fully saturated rings. The van der Waals surface area contributed by atoms with E-state index in [2.05, 4.69) is 50.9 Å². The summed E-state index contributed by atoms with van der Waals surface area (Å²) in [5.41, 5.74) is 1.43. The molecule has 146 valence electrons. The number of benzene rings is 1. The lowest BCUT2D eigenvalue weighted by molar-refractivity contribution is 0.353. The summed E-state index contributed by atoms with van der Waals surface area (Å²) >= 11 is 0. The highest BCUT2D eigenvalue weighted by Gasteiger charge is 2.21. The summed E-state index contributed by atoms with van der Waals surface area (Å²) < 4.78 is 0. The van der Waals surface area contributed by atoms with E-state index in [4.69, 9.17) is 0 Å². The van der Waals surface area contributed by atoms with Crippen LogP contribution in [-0.2, 0) is 6.42 Å². The standard InChI is InChI=1S/C22H33N5/c1-17-24-21(16-22(25-17)27(2)3)26-20-13-11-19(12-14-20)23-15-7-10-18-8-5-4-6-9-18/h4-6,8-9,16,19-20,23H,7,10-15H2,1-3H3,(H,24,25,26). The zero-order valence-corrected chi connectivity index (χ0v) is 16.9. The van der Waals surface area contributed by atoms with E-state index in [1.165, 1.54) is 37.7 Å². The normalized spacial score (nSPS) is 19.7. The van der Waals surface area contributed by atoms with Gasteiger partial charge in [-0.15, -0.1) is 0 Å². The molecule has 1 aliphatic carbocycles. The molecule has 0 spiro atoms. The van der Waals surface area contributed by atoms with Crippen LogP contribution in [0.5, 0.6) is 0 Å². The smallest absolute Gasteiger partial charge is 0.133 e. The first-order valence-electron chi connectivity index (χ1n) is 10.2. The highest BCUT2D eigenvalue weighted by atomic mass is 15.2. The number of hydrogen-bond acceptors (Lipinski definition) is 5. The molecular formula is C22H33N5. The van der Waals surface area contributed by atoms with Crippen LogP contribution in [-0.4, -0.2) is 42.7 Å². The largest absolute Gasteiger partial charge is 0.367 e. The maximum absolute atomic E-state index is 4.55. The van der Waals surface area contributed by atoms with Crippen molar-refractivity contribution in [3.05, 3.63) is 47.8 Å². The van der Waals surface area contributed by atoms with Crippen LogP contribution in [0.3, 0.4) is 0 Å². The lowest BCUT2D eigenvalue weighted by Crippen LogP contribution is -2.37. The maximum atomic E-state index is 4.55. The Bertz CT molecular complexity index is 693. The van der Waals surface area contributed by atoms with Crippen LogP contribution in [0.4, 0.5) is 11.6 Å². The molecule has 27 heavy (non-hydrogen) atoms. The molecule has 0 amide bonds. The van der Waals surface area contributed by atoms with E-state index >= 15 is 0 Å². The van der Waals surface area contributed by atoms with Crippen molar-refractivity contribution in [2.75, 3.05) is 30.9 Å². The van der Waals surface area contributed by atoms with Crippen LogP contribution in [0.25, 0.3) is 0 Å². The number of aryl methyl sites for hydroxylation is 2. The SMILES string of the molecule is Cc1nc(NC2CCC(NCCCc3ccccc3)CC2)cc(N(C)C)n1. The van der Waals surface area contributed by atoms with Crippen molar-refractivity contribution in [1.29, 1.82) is 0 Å². The maximum Gasteiger partial charge on any atom is 0.133 e. The van der Waals surface area contributed by atoms with E-state index in [0.29, 0.717) is 12.1 Å². The Hall–Kier alpha value is -2.14. The minimum Gasteiger partial charge on any atom is -0.367 e. The highest BCUT2D eigenvalue weighted by Crippen LogP contribution is 2.23. The van der Waals surface area contributed by atoms with E-state index in [9.17, 15) is 0 Å². The Morgan fingerprint density at radius 3 is 2.41 bits per heavy atom. The van der Waals surface area contributed by atoms with Gasteiger partial charge in [0.15, 0.2) is 0 Å². The first-order chi connectivity index (χ1) is 13.1. The van der Waals surface area contributed by atoms with Gasteiger partial charge in [0.05, 0.1) is 0 Å². The molecule has 1 heterocycles. The first-order valence-corrected chi connectivity index (χ1v) is 10.2. The van der Waals surface area contributed by atoms with Crippen molar-refractivity contribution in [3.8, 4) is 0 Å². The van der Waals surface area contributed by atoms with Gasteiger partial charge in [-0.3, -0.25) is 0 Å². The second-order valence-corrected chi connectivity index (χ2v) is 7.79. The van der Waals surface area contributed by atoms with Gasteiger partial charge >= 0.3 is 0 Å². The van der Waals surface area contributed by atoms with Gasteiger partial charge in [-0.25, -0.2) is 9.97 Å². The van der Waals surface area contributed by atoms with Crippen LogP contribution in [0.1, 0.15) is 43.5 Å². The third-order valence-corrected chi connectivity index (χ3v) is 5.28. The van der Waals surface area contributed by atoms with E-state index in [1.54, 1.807) is 0 Å². The van der Waals surface area contributed by atoms with E-state index in [0.717, 1.165) is 30.4 Å². The molecular weight excluding hydrogens is 334 g/mol. The molecule has 0 atom stereocenters. The van der Waals surface area contributed by atoms with Gasteiger partial charge in [0.25, 0.3) is 0 Å². The predicted octanol–water partition coefficient (Wildman–Crippen LogP) is 3.80. The minimum atomic E-state index is 0.511. The van der Waals surface area contributed by atoms with Crippen LogP contribution < -0.4 is 15.5 Å². The molecule has 0 aliphatic heterocycles. The molecule has 0 unspecified atom stereocenters. The lowest BCUT2D eigenvalue weighted by Gasteiger charge is -2.30. The average Bonchev–Trinajstić information content (AvgIpc) is 2.67. The van der Waals surface area contributed by atoms with Gasteiger partial charge < -0.3 is 15.5 Å². The molecule has 5 nitrogen and oxygen atoms in total. The number of nitrogens with one attached hydrogen (secondary N) is 2. The second-order valence-electron chi connectivity index (χ2n) is 7.79. The highest BCUT2D eigenvalue weighted by molar-refractivity contribution is 5.49. The van der Waals surface area contributed by atoms with Crippen molar-refractivity contribution in [2.45, 2.75) is 57.5 Å². The monoisotopic (exact) mass is 367 g/mol. The van der Waals surface area contributed by atoms with Crippen LogP contribution in [0, 0.1) is 6.92 Å². The molecule has 1 saturated carbocycles. The van der Waals surface area contributed by atoms with E-state index in [1.807, 2.05) is 32.0 Å². The minimum absolute atomic E-state index is 0.511. The molecule has 5 heteroatoms. The third-order valence-electron chi connectivity index (χ3n) is 5.28. The lowest BCUT2D eigenvalue weighted by atomic mass is 9.91. The van der Waals surface area contributed by atoms with Crippen molar-refractivity contribution in [2.24, 2.45) is 0 Å². The van der Waals surface area contributed by atoms with Crippen molar-refractivity contribution >= 4 is 11.6 Å². The van der Waals surface area contributed by atoms with Crippen molar-refractivity contribution < 1.29 is 0 Å². The summed E-state index contributed by atoms with van der Waals surface area (Å²) in [6, 6.07) is 14.0. The molecule has 1 aromatic heterocycles. The molecule has 0 saturated heterocycles. The number of hydrogen-bond donors (Lipinski definition) is 2. The molecule has 1 aromatic carbocycles. The molecule has 2 aromatic rings. The molecule has 2 N–H and O–H groups in total. The van der Waals surface area contributed by atoms with Gasteiger partial charge in [0, 0.05) is 32.2 Å². The van der Waals surface area contributed by atoms with Crippen LogP contribution >= 0.6 is 0 Å². The summed E-state index contributed by atoms with van der Waals surface area (Å²) in [5.74, 6) is 2.72. The summed E-state index contributed by atoms with van der Waals surface area (Å²) in [7, 11) is 4.03. The van der Waals surface area contributed by atoms with Gasteiger partial charge in [0.1, 0.15) is 17.5 Å². The molecule has 3 rings (SSSR count).